The molecule has 0 saturated heterocycles. The monoisotopic (exact) mass is 568 g/mol. The molecule has 0 spiro atoms. The van der Waals surface area contributed by atoms with E-state index in [1.165, 1.54) is 12.1 Å². The van der Waals surface area contributed by atoms with Crippen molar-refractivity contribution in [2.45, 2.75) is 9.79 Å². The first-order valence-corrected chi connectivity index (χ1v) is 12.9. The molecule has 4 rings (SSSR count). The fraction of sp³-hybridized carbons (Fsp3) is 0. The van der Waals surface area contributed by atoms with Gasteiger partial charge in [-0.2, -0.15) is 0 Å². The van der Waals surface area contributed by atoms with Crippen LogP contribution in [0.25, 0.3) is 22.3 Å². The first kappa shape index (κ1) is 30.4. The molecule has 0 radical (unpaired) electrons. The smallest absolute Gasteiger partial charge is 0.744 e. The van der Waals surface area contributed by atoms with Crippen molar-refractivity contribution in [3.05, 3.63) is 84.9 Å². The van der Waals surface area contributed by atoms with Crippen molar-refractivity contribution >= 4 is 69.3 Å². The van der Waals surface area contributed by atoms with Crippen LogP contribution < -0.4 is 11.5 Å². The molecule has 0 heterocycles. The third-order valence-electron chi connectivity index (χ3n) is 5.01. The summed E-state index contributed by atoms with van der Waals surface area (Å²) in [4.78, 5) is -0.971. The number of aromatic hydroxyl groups is 2. The number of hydrogen-bond acceptors (Lipinski definition) is 10. The molecule has 4 aromatic carbocycles. The molecule has 4 aromatic rings. The van der Waals surface area contributed by atoms with Crippen molar-refractivity contribution in [1.82, 2.24) is 0 Å². The second-order valence-corrected chi connectivity index (χ2v) is 10.1. The summed E-state index contributed by atoms with van der Waals surface area (Å²) in [6, 6.07) is 21.0. The molecule has 10 nitrogen and oxygen atoms in total. The predicted molar refractivity (Wildman–Crippen MR) is 138 cm³/mol. The van der Waals surface area contributed by atoms with Gasteiger partial charge in [0.15, 0.2) is 0 Å². The molecule has 0 aliphatic rings. The van der Waals surface area contributed by atoms with Crippen LogP contribution in [0, 0.1) is 0 Å². The number of rotatable bonds is 4. The third kappa shape index (κ3) is 7.14. The van der Waals surface area contributed by atoms with Crippen LogP contribution in [0.1, 0.15) is 0 Å². The summed E-state index contributed by atoms with van der Waals surface area (Å²) in [7, 11) is -9.37. The van der Waals surface area contributed by atoms with Crippen LogP contribution in [0.4, 0.5) is 11.4 Å². The molecule has 0 fully saturated rings. The van der Waals surface area contributed by atoms with Gasteiger partial charge in [-0.05, 0) is 35.4 Å². The molecule has 0 unspecified atom stereocenters. The minimum absolute atomic E-state index is 0. The van der Waals surface area contributed by atoms with E-state index in [1.54, 1.807) is 60.7 Å². The van der Waals surface area contributed by atoms with Gasteiger partial charge in [-0.15, -0.1) is 0 Å². The molecule has 0 bridgehead atoms. The van der Waals surface area contributed by atoms with Gasteiger partial charge in [0.2, 0.25) is 0 Å². The molecule has 188 valence electrons. The summed E-state index contributed by atoms with van der Waals surface area (Å²) in [6.45, 7) is 0. The van der Waals surface area contributed by atoms with E-state index in [-0.39, 0.29) is 60.2 Å². The molecule has 0 aliphatic heterocycles. The first-order valence-electron chi connectivity index (χ1n) is 10.1. The normalized spacial score (nSPS) is 11.1. The molecule has 0 aliphatic carbocycles. The Balaban J connectivity index is 0.000000253. The third-order valence-corrected chi connectivity index (χ3v) is 6.76. The summed E-state index contributed by atoms with van der Waals surface area (Å²) >= 11 is 0. The summed E-state index contributed by atoms with van der Waals surface area (Å²) in [6.07, 6.45) is 0. The molecular formula is C24H20CaN2O8S2. The Morgan fingerprint density at radius 1 is 0.541 bits per heavy atom. The van der Waals surface area contributed by atoms with Crippen LogP contribution in [-0.4, -0.2) is 73.9 Å². The molecular weight excluding hydrogens is 548 g/mol. The van der Waals surface area contributed by atoms with Crippen molar-refractivity contribution in [3.8, 4) is 33.8 Å². The number of phenols is 2. The average molecular weight is 569 g/mol. The van der Waals surface area contributed by atoms with Gasteiger partial charge in [0.25, 0.3) is 0 Å². The fourth-order valence-electron chi connectivity index (χ4n) is 3.36. The van der Waals surface area contributed by atoms with Gasteiger partial charge in [-0.25, -0.2) is 16.8 Å². The van der Waals surface area contributed by atoms with Gasteiger partial charge in [0.05, 0.1) is 21.2 Å². The van der Waals surface area contributed by atoms with Gasteiger partial charge in [-0.3, -0.25) is 0 Å². The van der Waals surface area contributed by atoms with Crippen molar-refractivity contribution < 1.29 is 36.2 Å². The van der Waals surface area contributed by atoms with Gasteiger partial charge in [0.1, 0.15) is 31.7 Å². The Labute approximate surface area is 243 Å². The van der Waals surface area contributed by atoms with Crippen LogP contribution >= 0.6 is 0 Å². The summed E-state index contributed by atoms with van der Waals surface area (Å²) in [5.74, 6) is -0.809. The maximum atomic E-state index is 11.2. The number of phenolic OH excluding ortho intramolecular Hbond substituents is 2. The second-order valence-electron chi connectivity index (χ2n) is 7.39. The molecule has 37 heavy (non-hydrogen) atoms. The second kappa shape index (κ2) is 12.1. The van der Waals surface area contributed by atoms with Crippen LogP contribution in [0.15, 0.2) is 94.7 Å². The number of anilines is 2. The molecule has 13 heteroatoms. The molecule has 0 saturated carbocycles. The topological polar surface area (TPSA) is 207 Å². The maximum Gasteiger partial charge on any atom is 2.00 e. The van der Waals surface area contributed by atoms with Gasteiger partial charge < -0.3 is 30.8 Å². The first-order chi connectivity index (χ1) is 16.8. The maximum absolute atomic E-state index is 11.2. The van der Waals surface area contributed by atoms with E-state index >= 15 is 0 Å². The molecule has 0 amide bonds. The van der Waals surface area contributed by atoms with Crippen LogP contribution in [-0.2, 0) is 20.2 Å². The Bertz CT molecular complexity index is 1490. The fourth-order valence-corrected chi connectivity index (χ4v) is 4.76. The van der Waals surface area contributed by atoms with Gasteiger partial charge in [0, 0.05) is 11.1 Å². The largest absolute Gasteiger partial charge is 2.00 e. The Kier molecular flexibility index (Phi) is 9.97. The van der Waals surface area contributed by atoms with Crippen LogP contribution in [0.3, 0.4) is 0 Å². The molecule has 6 N–H and O–H groups in total. The molecule has 0 aromatic heterocycles. The van der Waals surface area contributed by atoms with Crippen molar-refractivity contribution in [2.24, 2.45) is 0 Å². The van der Waals surface area contributed by atoms with E-state index in [2.05, 4.69) is 0 Å². The van der Waals surface area contributed by atoms with E-state index in [0.717, 1.165) is 12.1 Å². The van der Waals surface area contributed by atoms with Crippen molar-refractivity contribution in [3.63, 3.8) is 0 Å². The van der Waals surface area contributed by atoms with Crippen molar-refractivity contribution in [2.75, 3.05) is 11.5 Å². The quantitative estimate of drug-likeness (QED) is 0.122. The van der Waals surface area contributed by atoms with Gasteiger partial charge in [-0.1, -0.05) is 60.7 Å². The summed E-state index contributed by atoms with van der Waals surface area (Å²) in [5.41, 5.74) is 11.8. The molecule has 0 atom stereocenters. The zero-order chi connectivity index (χ0) is 26.7. The van der Waals surface area contributed by atoms with Crippen molar-refractivity contribution in [1.29, 1.82) is 0 Å². The number of benzene rings is 4. The predicted octanol–water partition coefficient (Wildman–Crippen LogP) is 2.71. The number of hydrogen-bond donors (Lipinski definition) is 4. The number of nitrogen functional groups attached to an aromatic ring is 2. The summed E-state index contributed by atoms with van der Waals surface area (Å²) < 4.78 is 67.1. The number of nitrogens with two attached hydrogens (primary N) is 2. The zero-order valence-electron chi connectivity index (χ0n) is 19.1. The van der Waals surface area contributed by atoms with E-state index in [4.69, 9.17) is 11.5 Å². The van der Waals surface area contributed by atoms with Crippen LogP contribution in [0.5, 0.6) is 11.5 Å². The summed E-state index contributed by atoms with van der Waals surface area (Å²) in [5, 5.41) is 19.7. The van der Waals surface area contributed by atoms with E-state index < -0.39 is 41.5 Å². The standard InChI is InChI=1S/2C12H11NO4S.Ca/c2*13-9-6-7-10(18(15,16)17)11(12(9)14)8-4-2-1-3-5-8;/h2*1-7,14H,13H2,(H,15,16,17);/q;;+2/p-2. The minimum atomic E-state index is -4.69. The minimum Gasteiger partial charge on any atom is -0.744 e. The van der Waals surface area contributed by atoms with E-state index in [1.807, 2.05) is 0 Å². The van der Waals surface area contributed by atoms with E-state index in [0.29, 0.717) is 11.1 Å². The zero-order valence-corrected chi connectivity index (χ0v) is 22.9. The Morgan fingerprint density at radius 3 is 1.11 bits per heavy atom. The Hall–Kier alpha value is -2.84. The van der Waals surface area contributed by atoms with E-state index in [9.17, 15) is 36.2 Å². The Morgan fingerprint density at radius 2 is 0.838 bits per heavy atom. The average Bonchev–Trinajstić information content (AvgIpc) is 2.82. The van der Waals surface area contributed by atoms with Crippen LogP contribution in [0.2, 0.25) is 0 Å². The van der Waals surface area contributed by atoms with Gasteiger partial charge >= 0.3 is 37.7 Å². The SMILES string of the molecule is Nc1ccc(S(=O)(=O)[O-])c(-c2ccccc2)c1O.Nc1ccc(S(=O)(=O)[O-])c(-c2ccccc2)c1O.[Ca+2].